The van der Waals surface area contributed by atoms with Gasteiger partial charge in [0.25, 0.3) is 0 Å². The Morgan fingerprint density at radius 3 is 2.68 bits per heavy atom. The maximum absolute atomic E-state index is 12.1. The van der Waals surface area contributed by atoms with Crippen LogP contribution in [0.15, 0.2) is 23.2 Å². The predicted molar refractivity (Wildman–Crippen MR) is 72.6 cm³/mol. The summed E-state index contributed by atoms with van der Waals surface area (Å²) in [6.07, 6.45) is 2.97. The number of hydrogen-bond donors (Lipinski definition) is 1. The maximum atomic E-state index is 12.1. The van der Waals surface area contributed by atoms with E-state index in [9.17, 15) is 8.42 Å². The van der Waals surface area contributed by atoms with Gasteiger partial charge in [-0.05, 0) is 30.4 Å². The molecule has 1 aliphatic heterocycles. The van der Waals surface area contributed by atoms with Gasteiger partial charge in [0, 0.05) is 26.0 Å². The number of hydrogen-bond acceptors (Lipinski definition) is 4. The number of nitrogens with one attached hydrogen (secondary N) is 1. The first-order chi connectivity index (χ1) is 8.91. The molecule has 2 rings (SSSR count). The molecular weight excluding hydrogens is 288 g/mol. The number of pyridine rings is 1. The molecule has 1 aliphatic rings. The number of aromatic nitrogens is 1. The molecule has 0 unspecified atom stereocenters. The standard InChI is InChI=1S/C12H17ClN2O3S/c1-12(4-6-18-7-5-12)9-15-19(16,17)10-2-3-11(13)14-8-10/h2-3,8,15H,4-7,9H2,1H3. The van der Waals surface area contributed by atoms with Gasteiger partial charge >= 0.3 is 0 Å². The molecule has 0 amide bonds. The van der Waals surface area contributed by atoms with Crippen LogP contribution in [0.25, 0.3) is 0 Å². The van der Waals surface area contributed by atoms with Gasteiger partial charge in [-0.2, -0.15) is 0 Å². The lowest BCUT2D eigenvalue weighted by molar-refractivity contribution is 0.0264. The minimum Gasteiger partial charge on any atom is -0.381 e. The largest absolute Gasteiger partial charge is 0.381 e. The van der Waals surface area contributed by atoms with Gasteiger partial charge in [-0.3, -0.25) is 0 Å². The summed E-state index contributed by atoms with van der Waals surface area (Å²) < 4.78 is 32.1. The molecule has 19 heavy (non-hydrogen) atoms. The van der Waals surface area contributed by atoms with E-state index in [0.717, 1.165) is 12.8 Å². The van der Waals surface area contributed by atoms with E-state index in [0.29, 0.717) is 19.8 Å². The second kappa shape index (κ2) is 5.75. The minimum absolute atomic E-state index is 0.0504. The van der Waals surface area contributed by atoms with Crippen LogP contribution in [0.3, 0.4) is 0 Å². The number of ether oxygens (including phenoxy) is 1. The van der Waals surface area contributed by atoms with E-state index in [1.165, 1.54) is 18.3 Å². The molecule has 0 aromatic carbocycles. The molecule has 1 fully saturated rings. The Morgan fingerprint density at radius 2 is 2.11 bits per heavy atom. The quantitative estimate of drug-likeness (QED) is 0.862. The number of halogens is 1. The molecule has 106 valence electrons. The molecule has 5 nitrogen and oxygen atoms in total. The van der Waals surface area contributed by atoms with Crippen LogP contribution in [0.5, 0.6) is 0 Å². The predicted octanol–water partition coefficient (Wildman–Crippen LogP) is 1.83. The van der Waals surface area contributed by atoms with Crippen molar-refractivity contribution in [2.45, 2.75) is 24.7 Å². The summed E-state index contributed by atoms with van der Waals surface area (Å²) in [5.41, 5.74) is -0.0504. The Kier molecular flexibility index (Phi) is 4.45. The lowest BCUT2D eigenvalue weighted by Crippen LogP contribution is -2.39. The smallest absolute Gasteiger partial charge is 0.242 e. The molecular formula is C12H17ClN2O3S. The van der Waals surface area contributed by atoms with Crippen molar-refractivity contribution < 1.29 is 13.2 Å². The molecule has 7 heteroatoms. The molecule has 0 atom stereocenters. The number of nitrogens with zero attached hydrogens (tertiary/aromatic N) is 1. The van der Waals surface area contributed by atoms with Gasteiger partial charge in [0.15, 0.2) is 0 Å². The first kappa shape index (κ1) is 14.7. The summed E-state index contributed by atoms with van der Waals surface area (Å²) in [5, 5.41) is 0.273. The lowest BCUT2D eigenvalue weighted by atomic mass is 9.83. The van der Waals surface area contributed by atoms with E-state index in [-0.39, 0.29) is 15.5 Å². The molecule has 0 aliphatic carbocycles. The maximum Gasteiger partial charge on any atom is 0.242 e. The Balaban J connectivity index is 2.03. The molecule has 1 saturated heterocycles. The topological polar surface area (TPSA) is 68.3 Å². The van der Waals surface area contributed by atoms with Crippen LogP contribution in [-0.4, -0.2) is 33.2 Å². The van der Waals surface area contributed by atoms with E-state index in [4.69, 9.17) is 16.3 Å². The molecule has 0 saturated carbocycles. The number of sulfonamides is 1. The lowest BCUT2D eigenvalue weighted by Gasteiger charge is -2.33. The Labute approximate surface area is 118 Å². The molecule has 1 N–H and O–H groups in total. The fraction of sp³-hybridized carbons (Fsp3) is 0.583. The van der Waals surface area contributed by atoms with Gasteiger partial charge in [0.1, 0.15) is 10.0 Å². The van der Waals surface area contributed by atoms with Crippen LogP contribution in [0.4, 0.5) is 0 Å². The van der Waals surface area contributed by atoms with Crippen LogP contribution < -0.4 is 4.72 Å². The van der Waals surface area contributed by atoms with Gasteiger partial charge in [-0.25, -0.2) is 18.1 Å². The van der Waals surface area contributed by atoms with Crippen LogP contribution in [0.2, 0.25) is 5.15 Å². The van der Waals surface area contributed by atoms with E-state index in [1.807, 2.05) is 0 Å². The van der Waals surface area contributed by atoms with Crippen LogP contribution >= 0.6 is 11.6 Å². The van der Waals surface area contributed by atoms with Gasteiger partial charge in [-0.1, -0.05) is 18.5 Å². The third-order valence-corrected chi connectivity index (χ3v) is 5.01. The van der Waals surface area contributed by atoms with Gasteiger partial charge in [0.2, 0.25) is 10.0 Å². The van der Waals surface area contributed by atoms with Crippen molar-refractivity contribution in [3.05, 3.63) is 23.5 Å². The summed E-state index contributed by atoms with van der Waals surface area (Å²) in [5.74, 6) is 0. The molecule has 1 aromatic rings. The Morgan fingerprint density at radius 1 is 1.42 bits per heavy atom. The van der Waals surface area contributed by atoms with E-state index in [1.54, 1.807) is 0 Å². The second-order valence-electron chi connectivity index (χ2n) is 5.06. The van der Waals surface area contributed by atoms with Crippen LogP contribution in [0.1, 0.15) is 19.8 Å². The highest BCUT2D eigenvalue weighted by atomic mass is 35.5. The molecule has 0 bridgehead atoms. The highest BCUT2D eigenvalue weighted by Crippen LogP contribution is 2.29. The van der Waals surface area contributed by atoms with Crippen molar-refractivity contribution in [1.29, 1.82) is 0 Å². The Hall–Kier alpha value is -0.690. The van der Waals surface area contributed by atoms with E-state index >= 15 is 0 Å². The molecule has 0 spiro atoms. The van der Waals surface area contributed by atoms with Gasteiger partial charge in [-0.15, -0.1) is 0 Å². The summed E-state index contributed by atoms with van der Waals surface area (Å²) in [4.78, 5) is 3.92. The third kappa shape index (κ3) is 3.89. The fourth-order valence-electron chi connectivity index (χ4n) is 1.91. The average molecular weight is 305 g/mol. The first-order valence-corrected chi connectivity index (χ1v) is 7.96. The Bertz CT molecular complexity index is 524. The zero-order chi connectivity index (χ0) is 13.9. The van der Waals surface area contributed by atoms with Gasteiger partial charge in [0.05, 0.1) is 0 Å². The van der Waals surface area contributed by atoms with Crippen molar-refractivity contribution in [2.75, 3.05) is 19.8 Å². The monoisotopic (exact) mass is 304 g/mol. The highest BCUT2D eigenvalue weighted by molar-refractivity contribution is 7.89. The SMILES string of the molecule is CC1(CNS(=O)(=O)c2ccc(Cl)nc2)CCOCC1. The van der Waals surface area contributed by atoms with Crippen molar-refractivity contribution >= 4 is 21.6 Å². The average Bonchev–Trinajstić information content (AvgIpc) is 2.38. The summed E-state index contributed by atoms with van der Waals surface area (Å²) in [6, 6.07) is 2.91. The van der Waals surface area contributed by atoms with Crippen LogP contribution in [0, 0.1) is 5.41 Å². The second-order valence-corrected chi connectivity index (χ2v) is 7.22. The van der Waals surface area contributed by atoms with Crippen molar-refractivity contribution in [3.8, 4) is 0 Å². The minimum atomic E-state index is -3.53. The summed E-state index contributed by atoms with van der Waals surface area (Å²) in [7, 11) is -3.53. The van der Waals surface area contributed by atoms with E-state index in [2.05, 4.69) is 16.6 Å². The third-order valence-electron chi connectivity index (χ3n) is 3.40. The zero-order valence-electron chi connectivity index (χ0n) is 10.7. The normalized spacial score (nSPS) is 19.3. The van der Waals surface area contributed by atoms with Crippen molar-refractivity contribution in [1.82, 2.24) is 9.71 Å². The summed E-state index contributed by atoms with van der Waals surface area (Å²) >= 11 is 5.64. The number of rotatable bonds is 4. The molecule has 1 aromatic heterocycles. The first-order valence-electron chi connectivity index (χ1n) is 6.10. The van der Waals surface area contributed by atoms with Crippen LogP contribution in [-0.2, 0) is 14.8 Å². The zero-order valence-corrected chi connectivity index (χ0v) is 12.3. The molecule has 2 heterocycles. The van der Waals surface area contributed by atoms with Crippen molar-refractivity contribution in [3.63, 3.8) is 0 Å². The van der Waals surface area contributed by atoms with Crippen molar-refractivity contribution in [2.24, 2.45) is 5.41 Å². The van der Waals surface area contributed by atoms with Gasteiger partial charge < -0.3 is 4.74 Å². The summed E-state index contributed by atoms with van der Waals surface area (Å²) in [6.45, 7) is 3.83. The van der Waals surface area contributed by atoms with E-state index < -0.39 is 10.0 Å². The highest BCUT2D eigenvalue weighted by Gasteiger charge is 2.29. The molecule has 0 radical (unpaired) electrons. The fourth-order valence-corrected chi connectivity index (χ4v) is 3.17.